The summed E-state index contributed by atoms with van der Waals surface area (Å²) >= 11 is 3.18. The van der Waals surface area contributed by atoms with E-state index >= 15 is 0 Å². The number of rotatable bonds is 2. The van der Waals surface area contributed by atoms with E-state index in [1.165, 1.54) is 15.9 Å². The molecule has 0 atom stereocenters. The highest BCUT2D eigenvalue weighted by atomic mass is 79.9. The number of carbonyl (C=O) groups is 1. The second kappa shape index (κ2) is 6.54. The van der Waals surface area contributed by atoms with Gasteiger partial charge in [-0.15, -0.1) is 0 Å². The van der Waals surface area contributed by atoms with Crippen LogP contribution >= 0.6 is 15.9 Å². The molecule has 0 aromatic heterocycles. The zero-order valence-corrected chi connectivity index (χ0v) is 13.5. The summed E-state index contributed by atoms with van der Waals surface area (Å²) in [6.45, 7) is 1.13. The lowest BCUT2D eigenvalue weighted by Gasteiger charge is -2.35. The Morgan fingerprint density at radius 1 is 1.23 bits per heavy atom. The Morgan fingerprint density at radius 2 is 1.82 bits per heavy atom. The molecule has 22 heavy (non-hydrogen) atoms. The molecule has 0 radical (unpaired) electrons. The summed E-state index contributed by atoms with van der Waals surface area (Å²) in [5.74, 6) is -1.09. The van der Waals surface area contributed by atoms with Crippen LogP contribution in [0.1, 0.15) is 15.9 Å². The van der Waals surface area contributed by atoms with Crippen LogP contribution in [-0.4, -0.2) is 54.6 Å². The van der Waals surface area contributed by atoms with Crippen LogP contribution in [0.5, 0.6) is 0 Å². The predicted molar refractivity (Wildman–Crippen MR) is 77.2 cm³/mol. The van der Waals surface area contributed by atoms with Crippen molar-refractivity contribution in [1.82, 2.24) is 9.80 Å². The minimum Gasteiger partial charge on any atom is -0.336 e. The highest BCUT2D eigenvalue weighted by molar-refractivity contribution is 9.10. The van der Waals surface area contributed by atoms with E-state index in [1.54, 1.807) is 13.0 Å². The molecule has 1 aromatic rings. The van der Waals surface area contributed by atoms with Gasteiger partial charge in [0.2, 0.25) is 0 Å². The average Bonchev–Trinajstić information content (AvgIpc) is 2.43. The Kier molecular flexibility index (Phi) is 5.11. The largest absolute Gasteiger partial charge is 0.401 e. The first-order valence-electron chi connectivity index (χ1n) is 6.72. The number of carbonyl (C=O) groups excluding carboxylic acids is 1. The predicted octanol–water partition coefficient (Wildman–Crippen LogP) is 3.22. The van der Waals surface area contributed by atoms with Gasteiger partial charge >= 0.3 is 6.18 Å². The molecular weight excluding hydrogens is 368 g/mol. The van der Waals surface area contributed by atoms with Crippen molar-refractivity contribution in [2.45, 2.75) is 13.1 Å². The molecule has 0 N–H and O–H groups in total. The Labute approximate surface area is 134 Å². The molecule has 1 saturated heterocycles. The Balaban J connectivity index is 2.03. The van der Waals surface area contributed by atoms with Crippen molar-refractivity contribution >= 4 is 21.8 Å². The van der Waals surface area contributed by atoms with Gasteiger partial charge in [-0.3, -0.25) is 9.69 Å². The third kappa shape index (κ3) is 3.98. The van der Waals surface area contributed by atoms with Crippen LogP contribution < -0.4 is 0 Å². The molecule has 1 aliphatic heterocycles. The summed E-state index contributed by atoms with van der Waals surface area (Å²) in [6.07, 6.45) is -4.25. The molecule has 0 saturated carbocycles. The lowest BCUT2D eigenvalue weighted by molar-refractivity contribution is -0.148. The fourth-order valence-corrected chi connectivity index (χ4v) is 2.67. The number of hydrogen-bond acceptors (Lipinski definition) is 2. The number of halogens is 5. The highest BCUT2D eigenvalue weighted by Crippen LogP contribution is 2.23. The number of benzene rings is 1. The first-order valence-corrected chi connectivity index (χ1v) is 7.51. The van der Waals surface area contributed by atoms with Gasteiger partial charge in [0.25, 0.3) is 5.91 Å². The second-order valence-electron chi connectivity index (χ2n) is 5.22. The van der Waals surface area contributed by atoms with Crippen LogP contribution in [0.4, 0.5) is 17.6 Å². The van der Waals surface area contributed by atoms with Crippen molar-refractivity contribution in [3.8, 4) is 0 Å². The molecule has 0 aliphatic carbocycles. The van der Waals surface area contributed by atoms with Crippen LogP contribution in [0.25, 0.3) is 0 Å². The fourth-order valence-electron chi connectivity index (χ4n) is 2.36. The maximum Gasteiger partial charge on any atom is 0.401 e. The molecule has 1 amide bonds. The molecule has 0 unspecified atom stereocenters. The lowest BCUT2D eigenvalue weighted by atomic mass is 10.1. The van der Waals surface area contributed by atoms with E-state index in [2.05, 4.69) is 15.9 Å². The van der Waals surface area contributed by atoms with Gasteiger partial charge in [-0.05, 0) is 24.6 Å². The fraction of sp³-hybridized carbons (Fsp3) is 0.500. The van der Waals surface area contributed by atoms with Crippen LogP contribution in [0.15, 0.2) is 16.6 Å². The third-order valence-corrected chi connectivity index (χ3v) is 4.47. The normalized spacial score (nSPS) is 16.9. The van der Waals surface area contributed by atoms with Gasteiger partial charge in [-0.2, -0.15) is 13.2 Å². The van der Waals surface area contributed by atoms with Crippen LogP contribution in [-0.2, 0) is 0 Å². The van der Waals surface area contributed by atoms with Crippen LogP contribution in [0.2, 0.25) is 0 Å². The van der Waals surface area contributed by atoms with Crippen molar-refractivity contribution < 1.29 is 22.4 Å². The summed E-state index contributed by atoms with van der Waals surface area (Å²) in [6, 6.07) is 2.97. The smallest absolute Gasteiger partial charge is 0.336 e. The molecule has 3 nitrogen and oxygen atoms in total. The molecule has 8 heteroatoms. The van der Waals surface area contributed by atoms with Gasteiger partial charge in [0.1, 0.15) is 5.82 Å². The summed E-state index contributed by atoms with van der Waals surface area (Å²) in [7, 11) is 0. The number of piperazine rings is 1. The van der Waals surface area contributed by atoms with E-state index in [9.17, 15) is 22.4 Å². The molecule has 2 rings (SSSR count). The van der Waals surface area contributed by atoms with E-state index in [1.807, 2.05) is 0 Å². The maximum atomic E-state index is 14.1. The minimum atomic E-state index is -4.25. The molecule has 0 spiro atoms. The standard InChI is InChI=1S/C14H15BrF4N2O/c1-9-11(15)3-2-10(12(9)16)13(22)21-6-4-20(5-7-21)8-14(17,18)19/h2-3H,4-8H2,1H3. The Hall–Kier alpha value is -1.15. The first kappa shape index (κ1) is 17.2. The zero-order valence-electron chi connectivity index (χ0n) is 11.9. The third-order valence-electron chi connectivity index (χ3n) is 3.61. The van der Waals surface area contributed by atoms with Crippen molar-refractivity contribution in [2.24, 2.45) is 0 Å². The molecule has 122 valence electrons. The summed E-state index contributed by atoms with van der Waals surface area (Å²) < 4.78 is 51.7. The lowest BCUT2D eigenvalue weighted by Crippen LogP contribution is -2.51. The van der Waals surface area contributed by atoms with Gasteiger partial charge in [0.15, 0.2) is 0 Å². The molecular formula is C14H15BrF4N2O. The van der Waals surface area contributed by atoms with Crippen molar-refractivity contribution in [1.29, 1.82) is 0 Å². The van der Waals surface area contributed by atoms with Crippen molar-refractivity contribution in [3.63, 3.8) is 0 Å². The van der Waals surface area contributed by atoms with Gasteiger partial charge in [0, 0.05) is 30.7 Å². The van der Waals surface area contributed by atoms with E-state index < -0.39 is 24.4 Å². The molecule has 1 heterocycles. The van der Waals surface area contributed by atoms with E-state index in [-0.39, 0.29) is 31.7 Å². The van der Waals surface area contributed by atoms with Crippen LogP contribution in [0.3, 0.4) is 0 Å². The molecule has 1 aliphatic rings. The molecule has 1 fully saturated rings. The van der Waals surface area contributed by atoms with E-state index in [0.29, 0.717) is 10.0 Å². The van der Waals surface area contributed by atoms with Gasteiger partial charge < -0.3 is 4.90 Å². The monoisotopic (exact) mass is 382 g/mol. The second-order valence-corrected chi connectivity index (χ2v) is 6.07. The number of amides is 1. The van der Waals surface area contributed by atoms with Crippen molar-refractivity contribution in [3.05, 3.63) is 33.5 Å². The quantitative estimate of drug-likeness (QED) is 0.733. The number of alkyl halides is 3. The Morgan fingerprint density at radius 3 is 2.36 bits per heavy atom. The number of nitrogens with zero attached hydrogens (tertiary/aromatic N) is 2. The summed E-state index contributed by atoms with van der Waals surface area (Å²) in [5.41, 5.74) is 0.284. The van der Waals surface area contributed by atoms with Gasteiger partial charge in [-0.1, -0.05) is 15.9 Å². The van der Waals surface area contributed by atoms with Gasteiger partial charge in [-0.25, -0.2) is 4.39 Å². The summed E-state index contributed by atoms with van der Waals surface area (Å²) in [5, 5.41) is 0. The zero-order chi connectivity index (χ0) is 16.5. The molecule has 1 aromatic carbocycles. The Bertz CT molecular complexity index is 569. The van der Waals surface area contributed by atoms with Gasteiger partial charge in [0.05, 0.1) is 12.1 Å². The summed E-state index contributed by atoms with van der Waals surface area (Å²) in [4.78, 5) is 14.9. The SMILES string of the molecule is Cc1c(Br)ccc(C(=O)N2CCN(CC(F)(F)F)CC2)c1F. The number of hydrogen-bond donors (Lipinski definition) is 0. The molecule has 0 bridgehead atoms. The van der Waals surface area contributed by atoms with Crippen LogP contribution in [0, 0.1) is 12.7 Å². The average molecular weight is 383 g/mol. The van der Waals surface area contributed by atoms with Crippen molar-refractivity contribution in [2.75, 3.05) is 32.7 Å². The highest BCUT2D eigenvalue weighted by Gasteiger charge is 2.33. The minimum absolute atomic E-state index is 0.0510. The van der Waals surface area contributed by atoms with E-state index in [0.717, 1.165) is 0 Å². The maximum absolute atomic E-state index is 14.1. The topological polar surface area (TPSA) is 23.6 Å². The first-order chi connectivity index (χ1) is 10.2. The van der Waals surface area contributed by atoms with E-state index in [4.69, 9.17) is 0 Å².